The van der Waals surface area contributed by atoms with Crippen LogP contribution < -0.4 is 5.32 Å². The van der Waals surface area contributed by atoms with Crippen LogP contribution in [0.15, 0.2) is 41.0 Å². The second-order valence-corrected chi connectivity index (χ2v) is 4.94. The maximum absolute atomic E-state index is 12.2. The Bertz CT molecular complexity index is 674. The van der Waals surface area contributed by atoms with Crippen LogP contribution in [0.1, 0.15) is 15.9 Å². The molecule has 0 aliphatic heterocycles. The average Bonchev–Trinajstić information content (AvgIpc) is 2.41. The Morgan fingerprint density at radius 2 is 2.15 bits per heavy atom. The van der Waals surface area contributed by atoms with E-state index in [1.54, 1.807) is 30.5 Å². The number of nitro groups is 1. The number of aromatic nitrogens is 1. The van der Waals surface area contributed by atoms with Crippen LogP contribution >= 0.6 is 15.9 Å². The lowest BCUT2D eigenvalue weighted by Crippen LogP contribution is -2.15. The van der Waals surface area contributed by atoms with Crippen LogP contribution in [0.5, 0.6) is 0 Å². The summed E-state index contributed by atoms with van der Waals surface area (Å²) in [5.41, 5.74) is 0.439. The monoisotopic (exact) mass is 335 g/mol. The van der Waals surface area contributed by atoms with Gasteiger partial charge in [0.2, 0.25) is 0 Å². The van der Waals surface area contributed by atoms with Gasteiger partial charge in [-0.15, -0.1) is 0 Å². The predicted octanol–water partition coefficient (Wildman–Crippen LogP) is 3.31. The van der Waals surface area contributed by atoms with Gasteiger partial charge in [0.25, 0.3) is 11.6 Å². The third kappa shape index (κ3) is 3.00. The summed E-state index contributed by atoms with van der Waals surface area (Å²) in [7, 11) is 0. The molecule has 0 unspecified atom stereocenters. The number of hydrogen-bond acceptors (Lipinski definition) is 4. The molecule has 0 radical (unpaired) electrons. The largest absolute Gasteiger partial charge is 0.307 e. The van der Waals surface area contributed by atoms with Crippen molar-refractivity contribution in [2.75, 3.05) is 5.32 Å². The molecule has 1 amide bonds. The summed E-state index contributed by atoms with van der Waals surface area (Å²) in [6.45, 7) is 1.54. The van der Waals surface area contributed by atoms with Gasteiger partial charge in [-0.05, 0) is 25.1 Å². The molecule has 0 spiro atoms. The molecule has 0 fully saturated rings. The number of benzene rings is 1. The van der Waals surface area contributed by atoms with Crippen molar-refractivity contribution < 1.29 is 9.72 Å². The molecule has 1 heterocycles. The van der Waals surface area contributed by atoms with Gasteiger partial charge >= 0.3 is 0 Å². The number of pyridine rings is 1. The summed E-state index contributed by atoms with van der Waals surface area (Å²) >= 11 is 3.17. The fourth-order valence-electron chi connectivity index (χ4n) is 1.71. The van der Waals surface area contributed by atoms with Gasteiger partial charge in [0.15, 0.2) is 0 Å². The molecule has 0 atom stereocenters. The summed E-state index contributed by atoms with van der Waals surface area (Å²) in [5, 5.41) is 13.5. The van der Waals surface area contributed by atoms with Gasteiger partial charge in [-0.25, -0.2) is 4.98 Å². The van der Waals surface area contributed by atoms with Crippen molar-refractivity contribution in [2.45, 2.75) is 6.92 Å². The predicted molar refractivity (Wildman–Crippen MR) is 77.7 cm³/mol. The number of nitrogens with one attached hydrogen (secondary N) is 1. The van der Waals surface area contributed by atoms with Gasteiger partial charge in [-0.1, -0.05) is 22.0 Å². The van der Waals surface area contributed by atoms with Crippen molar-refractivity contribution in [3.63, 3.8) is 0 Å². The zero-order valence-electron chi connectivity index (χ0n) is 10.5. The molecule has 1 aromatic heterocycles. The quantitative estimate of drug-likeness (QED) is 0.688. The Kier molecular flexibility index (Phi) is 4.09. The van der Waals surface area contributed by atoms with Gasteiger partial charge < -0.3 is 5.32 Å². The first-order valence-corrected chi connectivity index (χ1v) is 6.45. The Balaban J connectivity index is 2.37. The zero-order chi connectivity index (χ0) is 14.7. The third-order valence-corrected chi connectivity index (χ3v) is 3.15. The fourth-order valence-corrected chi connectivity index (χ4v) is 2.16. The molecule has 0 aliphatic carbocycles. The number of rotatable bonds is 3. The first-order chi connectivity index (χ1) is 9.49. The van der Waals surface area contributed by atoms with Crippen LogP contribution in [0.4, 0.5) is 11.5 Å². The van der Waals surface area contributed by atoms with Gasteiger partial charge in [-0.3, -0.25) is 14.9 Å². The van der Waals surface area contributed by atoms with E-state index in [1.165, 1.54) is 13.0 Å². The van der Waals surface area contributed by atoms with E-state index in [9.17, 15) is 14.9 Å². The number of nitrogens with zero attached hydrogens (tertiary/aromatic N) is 2. The van der Waals surface area contributed by atoms with Crippen LogP contribution in [0.2, 0.25) is 0 Å². The van der Waals surface area contributed by atoms with Crippen LogP contribution in [0.3, 0.4) is 0 Å². The highest BCUT2D eigenvalue weighted by molar-refractivity contribution is 9.10. The molecule has 2 aromatic rings. The maximum Gasteiger partial charge on any atom is 0.274 e. The van der Waals surface area contributed by atoms with E-state index in [0.29, 0.717) is 15.9 Å². The highest BCUT2D eigenvalue weighted by Crippen LogP contribution is 2.27. The van der Waals surface area contributed by atoms with Crippen molar-refractivity contribution in [3.05, 3.63) is 62.2 Å². The average molecular weight is 336 g/mol. The van der Waals surface area contributed by atoms with Crippen LogP contribution in [0, 0.1) is 17.0 Å². The number of hydrogen-bond donors (Lipinski definition) is 1. The van der Waals surface area contributed by atoms with E-state index < -0.39 is 10.8 Å². The molecule has 1 aromatic carbocycles. The minimum Gasteiger partial charge on any atom is -0.307 e. The minimum absolute atomic E-state index is 0.106. The lowest BCUT2D eigenvalue weighted by atomic mass is 10.1. The van der Waals surface area contributed by atoms with Gasteiger partial charge in [-0.2, -0.15) is 0 Å². The lowest BCUT2D eigenvalue weighted by Gasteiger charge is -2.08. The maximum atomic E-state index is 12.2. The van der Waals surface area contributed by atoms with Crippen molar-refractivity contribution >= 4 is 33.3 Å². The topological polar surface area (TPSA) is 85.1 Å². The summed E-state index contributed by atoms with van der Waals surface area (Å²) in [6.07, 6.45) is 1.55. The molecule has 2 rings (SSSR count). The number of carbonyl (C=O) groups excluding carboxylic acids is 1. The Morgan fingerprint density at radius 1 is 1.40 bits per heavy atom. The molecular formula is C13H10BrN3O3. The number of nitro benzene ring substituents is 1. The van der Waals surface area contributed by atoms with Crippen molar-refractivity contribution in [3.8, 4) is 0 Å². The summed E-state index contributed by atoms with van der Waals surface area (Å²) < 4.78 is 0.473. The molecule has 6 nitrogen and oxygen atoms in total. The molecule has 1 N–H and O–H groups in total. The highest BCUT2D eigenvalue weighted by atomic mass is 79.9. The summed E-state index contributed by atoms with van der Waals surface area (Å²) in [4.78, 5) is 26.6. The second kappa shape index (κ2) is 5.79. The van der Waals surface area contributed by atoms with Crippen molar-refractivity contribution in [2.24, 2.45) is 0 Å². The molecule has 102 valence electrons. The van der Waals surface area contributed by atoms with Gasteiger partial charge in [0.1, 0.15) is 5.82 Å². The van der Waals surface area contributed by atoms with E-state index in [1.807, 2.05) is 0 Å². The molecule has 0 bridgehead atoms. The Hall–Kier alpha value is -2.28. The van der Waals surface area contributed by atoms with Gasteiger partial charge in [0.05, 0.1) is 10.5 Å². The molecule has 0 aliphatic rings. The highest BCUT2D eigenvalue weighted by Gasteiger charge is 2.20. The van der Waals surface area contributed by atoms with E-state index in [4.69, 9.17) is 0 Å². The van der Waals surface area contributed by atoms with Gasteiger partial charge in [0, 0.05) is 22.3 Å². The molecule has 7 heteroatoms. The van der Waals surface area contributed by atoms with E-state index >= 15 is 0 Å². The standard InChI is InChI=1S/C13H10BrN3O3/c1-8-10(6-9(14)7-11(8)17(19)20)13(18)16-12-4-2-3-5-15-12/h2-7H,1H3,(H,15,16,18). The Labute approximate surface area is 123 Å². The zero-order valence-corrected chi connectivity index (χ0v) is 12.0. The first-order valence-electron chi connectivity index (χ1n) is 5.66. The molecule has 20 heavy (non-hydrogen) atoms. The third-order valence-electron chi connectivity index (χ3n) is 2.69. The summed E-state index contributed by atoms with van der Waals surface area (Å²) in [5.74, 6) is -0.0508. The first kappa shape index (κ1) is 14.1. The van der Waals surface area contributed by atoms with E-state index in [2.05, 4.69) is 26.2 Å². The van der Waals surface area contributed by atoms with Crippen LogP contribution in [-0.2, 0) is 0 Å². The number of halogens is 1. The number of anilines is 1. The van der Waals surface area contributed by atoms with Crippen LogP contribution in [0.25, 0.3) is 0 Å². The normalized spacial score (nSPS) is 10.1. The fraction of sp³-hybridized carbons (Fsp3) is 0.0769. The van der Waals surface area contributed by atoms with Crippen molar-refractivity contribution in [1.29, 1.82) is 0 Å². The second-order valence-electron chi connectivity index (χ2n) is 4.02. The van der Waals surface area contributed by atoms with Crippen LogP contribution in [-0.4, -0.2) is 15.8 Å². The van der Waals surface area contributed by atoms with E-state index in [0.717, 1.165) is 0 Å². The smallest absolute Gasteiger partial charge is 0.274 e. The van der Waals surface area contributed by atoms with Crippen molar-refractivity contribution in [1.82, 2.24) is 4.98 Å². The summed E-state index contributed by atoms with van der Waals surface area (Å²) in [6, 6.07) is 8.01. The lowest BCUT2D eigenvalue weighted by molar-refractivity contribution is -0.385. The SMILES string of the molecule is Cc1c(C(=O)Nc2ccccn2)cc(Br)cc1[N+](=O)[O-]. The molecule has 0 saturated carbocycles. The minimum atomic E-state index is -0.516. The Morgan fingerprint density at radius 3 is 2.75 bits per heavy atom. The molecular weight excluding hydrogens is 326 g/mol. The van der Waals surface area contributed by atoms with E-state index in [-0.39, 0.29) is 11.3 Å². The molecule has 0 saturated heterocycles. The number of amides is 1. The number of carbonyl (C=O) groups is 1.